The number of hydrogen-bond donors (Lipinski definition) is 0. The number of aromatic nitrogens is 1. The molecule has 1 heteroatoms. The van der Waals surface area contributed by atoms with Crippen LogP contribution < -0.4 is 4.57 Å². The van der Waals surface area contributed by atoms with Gasteiger partial charge in [0.15, 0.2) is 5.69 Å². The molecule has 0 saturated heterocycles. The van der Waals surface area contributed by atoms with Gasteiger partial charge in [0, 0.05) is 22.9 Å². The normalized spacial score (nSPS) is 12.0. The minimum Gasteiger partial charge on any atom is -0.198 e. The lowest BCUT2D eigenvalue weighted by atomic mass is 9.90. The molecular weight excluding hydrogens is 182 g/mol. The van der Waals surface area contributed by atoms with E-state index in [9.17, 15) is 0 Å². The van der Waals surface area contributed by atoms with Crippen LogP contribution >= 0.6 is 0 Å². The second-order valence-corrected chi connectivity index (χ2v) is 5.09. The van der Waals surface area contributed by atoms with Crippen LogP contribution in [0.2, 0.25) is 0 Å². The van der Waals surface area contributed by atoms with E-state index in [0.717, 1.165) is 0 Å². The highest BCUT2D eigenvalue weighted by Crippen LogP contribution is 2.20. The summed E-state index contributed by atoms with van der Waals surface area (Å²) in [5.41, 5.74) is 2.85. The van der Waals surface area contributed by atoms with Gasteiger partial charge in [-0.1, -0.05) is 32.9 Å². The van der Waals surface area contributed by atoms with Crippen molar-refractivity contribution in [3.8, 4) is 0 Å². The van der Waals surface area contributed by atoms with E-state index in [1.807, 2.05) is 0 Å². The van der Waals surface area contributed by atoms with Crippen molar-refractivity contribution >= 4 is 10.9 Å². The number of hydrogen-bond acceptors (Lipinski definition) is 0. The molecular formula is C14H18N+. The highest BCUT2D eigenvalue weighted by atomic mass is 14.9. The first-order valence-electron chi connectivity index (χ1n) is 5.38. The second kappa shape index (κ2) is 3.34. The molecule has 0 atom stereocenters. The van der Waals surface area contributed by atoms with Gasteiger partial charge in [-0.2, -0.15) is 4.57 Å². The van der Waals surface area contributed by atoms with Crippen LogP contribution in [-0.4, -0.2) is 0 Å². The van der Waals surface area contributed by atoms with E-state index in [4.69, 9.17) is 0 Å². The van der Waals surface area contributed by atoms with Crippen molar-refractivity contribution in [1.82, 2.24) is 0 Å². The van der Waals surface area contributed by atoms with Gasteiger partial charge in [-0.25, -0.2) is 0 Å². The number of nitrogens with zero attached hydrogens (tertiary/aromatic N) is 1. The van der Waals surface area contributed by atoms with E-state index >= 15 is 0 Å². The minimum absolute atomic E-state index is 0.193. The fourth-order valence-electron chi connectivity index (χ4n) is 2.10. The van der Waals surface area contributed by atoms with Gasteiger partial charge < -0.3 is 0 Å². The average Bonchev–Trinajstić information content (AvgIpc) is 2.16. The summed E-state index contributed by atoms with van der Waals surface area (Å²) < 4.78 is 2.29. The van der Waals surface area contributed by atoms with Crippen LogP contribution in [0, 0.1) is 0 Å². The molecule has 0 amide bonds. The van der Waals surface area contributed by atoms with E-state index in [-0.39, 0.29) is 5.41 Å². The van der Waals surface area contributed by atoms with Gasteiger partial charge in [0.2, 0.25) is 5.52 Å². The van der Waals surface area contributed by atoms with E-state index in [2.05, 4.69) is 68.8 Å². The van der Waals surface area contributed by atoms with Gasteiger partial charge in [0.1, 0.15) is 7.05 Å². The molecule has 78 valence electrons. The fourth-order valence-corrected chi connectivity index (χ4v) is 2.10. The summed E-state index contributed by atoms with van der Waals surface area (Å²) in [5, 5.41) is 1.30. The zero-order chi connectivity index (χ0) is 11.1. The van der Waals surface area contributed by atoms with Gasteiger partial charge in [0.05, 0.1) is 0 Å². The van der Waals surface area contributed by atoms with E-state index in [1.54, 1.807) is 0 Å². The highest BCUT2D eigenvalue weighted by molar-refractivity contribution is 5.75. The summed E-state index contributed by atoms with van der Waals surface area (Å²) >= 11 is 0. The van der Waals surface area contributed by atoms with E-state index < -0.39 is 0 Å². The Bertz CT molecular complexity index is 492. The molecule has 0 radical (unpaired) electrons. The van der Waals surface area contributed by atoms with Crippen LogP contribution in [-0.2, 0) is 12.5 Å². The third-order valence-electron chi connectivity index (χ3n) is 2.85. The van der Waals surface area contributed by atoms with Gasteiger partial charge in [-0.3, -0.25) is 0 Å². The van der Waals surface area contributed by atoms with Crippen LogP contribution in [0.4, 0.5) is 0 Å². The number of fused-ring (bicyclic) bond motifs is 1. The molecule has 2 aromatic rings. The van der Waals surface area contributed by atoms with Crippen molar-refractivity contribution in [2.45, 2.75) is 26.2 Å². The topological polar surface area (TPSA) is 3.88 Å². The smallest absolute Gasteiger partial charge is 0.198 e. The Morgan fingerprint density at radius 1 is 0.933 bits per heavy atom. The number of pyridine rings is 1. The molecule has 1 aromatic carbocycles. The van der Waals surface area contributed by atoms with Crippen molar-refractivity contribution in [1.29, 1.82) is 0 Å². The zero-order valence-corrected chi connectivity index (χ0v) is 9.91. The standard InChI is InChI=1S/C14H18N/c1-14(2,3)13-10-9-11-7-5-6-8-12(11)15(13)4/h5-10H,1-4H3/q+1. The quantitative estimate of drug-likeness (QED) is 0.576. The van der Waals surface area contributed by atoms with Crippen LogP contribution in [0.1, 0.15) is 26.5 Å². The predicted octanol–water partition coefficient (Wildman–Crippen LogP) is 2.96. The van der Waals surface area contributed by atoms with Crippen molar-refractivity contribution in [3.63, 3.8) is 0 Å². The van der Waals surface area contributed by atoms with Gasteiger partial charge >= 0.3 is 0 Å². The first kappa shape index (κ1) is 10.2. The van der Waals surface area contributed by atoms with Crippen molar-refractivity contribution in [3.05, 3.63) is 42.1 Å². The Labute approximate surface area is 91.4 Å². The SMILES string of the molecule is C[n+]1c(C(C)(C)C)ccc2ccccc21. The molecule has 0 saturated carbocycles. The summed E-state index contributed by atoms with van der Waals surface area (Å²) in [5.74, 6) is 0. The van der Waals surface area contributed by atoms with Crippen LogP contribution in [0.25, 0.3) is 10.9 Å². The predicted molar refractivity (Wildman–Crippen MR) is 63.8 cm³/mol. The molecule has 2 rings (SSSR count). The summed E-state index contributed by atoms with van der Waals surface area (Å²) in [6.07, 6.45) is 0. The van der Waals surface area contributed by atoms with Crippen molar-refractivity contribution < 1.29 is 4.57 Å². The number of benzene rings is 1. The van der Waals surface area contributed by atoms with E-state index in [1.165, 1.54) is 16.6 Å². The zero-order valence-electron chi connectivity index (χ0n) is 9.91. The number of aryl methyl sites for hydroxylation is 1. The molecule has 0 aliphatic rings. The van der Waals surface area contributed by atoms with Crippen molar-refractivity contribution in [2.24, 2.45) is 7.05 Å². The first-order valence-corrected chi connectivity index (χ1v) is 5.38. The Kier molecular flexibility index (Phi) is 2.26. The maximum atomic E-state index is 2.29. The van der Waals surface area contributed by atoms with E-state index in [0.29, 0.717) is 0 Å². The second-order valence-electron chi connectivity index (χ2n) is 5.09. The van der Waals surface area contributed by atoms with Crippen molar-refractivity contribution in [2.75, 3.05) is 0 Å². The maximum Gasteiger partial charge on any atom is 0.212 e. The molecule has 0 N–H and O–H groups in total. The van der Waals surface area contributed by atoms with Crippen LogP contribution in [0.5, 0.6) is 0 Å². The minimum atomic E-state index is 0.193. The highest BCUT2D eigenvalue weighted by Gasteiger charge is 2.24. The largest absolute Gasteiger partial charge is 0.212 e. The third-order valence-corrected chi connectivity index (χ3v) is 2.85. The van der Waals surface area contributed by atoms with Gasteiger partial charge in [0.25, 0.3) is 0 Å². The van der Waals surface area contributed by atoms with Gasteiger partial charge in [-0.15, -0.1) is 0 Å². The maximum absolute atomic E-state index is 2.29. The molecule has 15 heavy (non-hydrogen) atoms. The summed E-state index contributed by atoms with van der Waals surface area (Å²) in [6.45, 7) is 6.74. The first-order chi connectivity index (χ1) is 7.00. The monoisotopic (exact) mass is 200 g/mol. The summed E-state index contributed by atoms with van der Waals surface area (Å²) in [6, 6.07) is 12.9. The van der Waals surface area contributed by atoms with Crippen LogP contribution in [0.15, 0.2) is 36.4 Å². The lowest BCUT2D eigenvalue weighted by Gasteiger charge is -2.16. The lowest BCUT2D eigenvalue weighted by molar-refractivity contribution is -0.656. The van der Waals surface area contributed by atoms with Gasteiger partial charge in [-0.05, 0) is 12.1 Å². The molecule has 0 fully saturated rings. The fraction of sp³-hybridized carbons (Fsp3) is 0.357. The summed E-state index contributed by atoms with van der Waals surface area (Å²) in [7, 11) is 2.14. The Hall–Kier alpha value is -1.37. The molecule has 1 heterocycles. The summed E-state index contributed by atoms with van der Waals surface area (Å²) in [4.78, 5) is 0. The molecule has 0 spiro atoms. The Morgan fingerprint density at radius 3 is 2.27 bits per heavy atom. The molecule has 1 aromatic heterocycles. The lowest BCUT2D eigenvalue weighted by Crippen LogP contribution is -2.40. The molecule has 0 bridgehead atoms. The number of rotatable bonds is 0. The number of para-hydroxylation sites is 1. The molecule has 0 aliphatic carbocycles. The third kappa shape index (κ3) is 1.74. The molecule has 1 nitrogen and oxygen atoms in total. The van der Waals surface area contributed by atoms with Crippen LogP contribution in [0.3, 0.4) is 0 Å². The Balaban J connectivity index is 2.76. The Morgan fingerprint density at radius 2 is 1.60 bits per heavy atom. The average molecular weight is 200 g/mol. The molecule has 0 unspecified atom stereocenters. The molecule has 0 aliphatic heterocycles.